The summed E-state index contributed by atoms with van der Waals surface area (Å²) in [5.74, 6) is 0. The fraction of sp³-hybridized carbons (Fsp3) is 0.278. The van der Waals surface area contributed by atoms with Crippen molar-refractivity contribution in [1.82, 2.24) is 0 Å². The van der Waals surface area contributed by atoms with Gasteiger partial charge in [0.1, 0.15) is 0 Å². The van der Waals surface area contributed by atoms with Crippen molar-refractivity contribution >= 4 is 29.6 Å². The fourth-order valence-electron chi connectivity index (χ4n) is 6.41. The summed E-state index contributed by atoms with van der Waals surface area (Å²) in [5, 5.41) is 2.79. The summed E-state index contributed by atoms with van der Waals surface area (Å²) in [6, 6.07) is 31.6. The predicted octanol–water partition coefficient (Wildman–Crippen LogP) is 4.08. The molecule has 2 aliphatic rings. The molecule has 0 aromatic heterocycles. The monoisotopic (exact) mass is 661 g/mol. The van der Waals surface area contributed by atoms with Crippen LogP contribution >= 0.6 is 0 Å². The van der Waals surface area contributed by atoms with Gasteiger partial charge in [-0.2, -0.15) is 0 Å². The Hall–Kier alpha value is -1.70. The van der Waals surface area contributed by atoms with Crippen LogP contribution in [0.2, 0.25) is 6.55 Å². The van der Waals surface area contributed by atoms with Gasteiger partial charge in [0.2, 0.25) is 0 Å². The van der Waals surface area contributed by atoms with Gasteiger partial charge < -0.3 is 24.8 Å². The molecule has 0 spiro atoms. The van der Waals surface area contributed by atoms with Gasteiger partial charge in [-0.1, -0.05) is 39.5 Å². The summed E-state index contributed by atoms with van der Waals surface area (Å²) in [6.07, 6.45) is 13.1. The van der Waals surface area contributed by atoms with Gasteiger partial charge in [0.25, 0.3) is 0 Å². The van der Waals surface area contributed by atoms with E-state index in [1.807, 2.05) is 0 Å². The minimum absolute atomic E-state index is 0. The Morgan fingerprint density at radius 1 is 0.725 bits per heavy atom. The molecule has 0 N–H and O–H groups in total. The van der Waals surface area contributed by atoms with Gasteiger partial charge in [0.05, 0.1) is 0 Å². The van der Waals surface area contributed by atoms with Crippen molar-refractivity contribution in [1.29, 1.82) is 0 Å². The molecule has 207 valence electrons. The van der Waals surface area contributed by atoms with Gasteiger partial charge in [-0.05, 0) is 0 Å². The average Bonchev–Trinajstić information content (AvgIpc) is 3.54. The van der Waals surface area contributed by atoms with Crippen molar-refractivity contribution in [2.45, 2.75) is 60.3 Å². The molecule has 40 heavy (non-hydrogen) atoms. The zero-order valence-electron chi connectivity index (χ0n) is 24.3. The topological polar surface area (TPSA) is 0 Å². The molecule has 0 amide bonds. The van der Waals surface area contributed by atoms with Gasteiger partial charge in [0, 0.05) is 0 Å². The molecule has 0 bridgehead atoms. The van der Waals surface area contributed by atoms with Gasteiger partial charge in [-0.15, -0.1) is 0 Å². The van der Waals surface area contributed by atoms with Gasteiger partial charge in [0.15, 0.2) is 0 Å². The molecular weight excluding hydrogens is 623 g/mol. The number of halogens is 2. The van der Waals surface area contributed by atoms with E-state index in [2.05, 4.69) is 130 Å². The van der Waals surface area contributed by atoms with Crippen molar-refractivity contribution in [2.24, 2.45) is 0 Å². The molecule has 0 saturated carbocycles. The minimum atomic E-state index is -1.79. The van der Waals surface area contributed by atoms with Crippen molar-refractivity contribution < 1.29 is 45.7 Å². The van der Waals surface area contributed by atoms with Gasteiger partial charge >= 0.3 is 201 Å². The Kier molecular flexibility index (Phi) is 12.7. The van der Waals surface area contributed by atoms with Crippen LogP contribution in [0.15, 0.2) is 96.6 Å². The van der Waals surface area contributed by atoms with E-state index >= 15 is 0 Å². The predicted molar refractivity (Wildman–Crippen MR) is 168 cm³/mol. The molecule has 2 atom stereocenters. The quantitative estimate of drug-likeness (QED) is 0.207. The number of fused-ring (bicyclic) bond motifs is 4. The molecule has 0 aliphatic heterocycles. The molecule has 0 heterocycles. The van der Waals surface area contributed by atoms with E-state index in [1.54, 1.807) is 16.7 Å². The molecule has 4 aromatic rings. The molecule has 0 fully saturated rings. The van der Waals surface area contributed by atoms with Gasteiger partial charge in [-0.3, -0.25) is 0 Å². The number of allylic oxidation sites excluding steroid dienone is 2. The maximum atomic E-state index is 2.59. The van der Waals surface area contributed by atoms with E-state index in [0.717, 1.165) is 3.63 Å². The standard InChI is InChI=1S/C16H13.C13H9.C6H14.CH5Si.2ClH.Zr/c1-12-10-14-8-5-9-15(16(14)11-12)13-6-3-2-4-7-13;1-2-6-12-10(4-1)8-9-11-5-3-7-13(11)12;1-3-5-6-4-2;1-2;;;/h2-11H,1H3;1-9H;3-6H2,1-2H3;2H2,1H3;2*1H;/q;;;;;;+2/p-2. The van der Waals surface area contributed by atoms with Crippen LogP contribution in [0.4, 0.5) is 0 Å². The van der Waals surface area contributed by atoms with Crippen LogP contribution in [0.1, 0.15) is 76.0 Å². The van der Waals surface area contributed by atoms with E-state index in [-0.39, 0.29) is 31.5 Å². The molecule has 4 heteroatoms. The Bertz CT molecular complexity index is 1460. The van der Waals surface area contributed by atoms with Crippen LogP contribution in [-0.4, -0.2) is 6.65 Å². The number of hydrogen-bond donors (Lipinski definition) is 0. The summed E-state index contributed by atoms with van der Waals surface area (Å²) < 4.78 is 1.44. The van der Waals surface area contributed by atoms with Crippen molar-refractivity contribution in [3.63, 3.8) is 0 Å². The Labute approximate surface area is 263 Å². The maximum Gasteiger partial charge on any atom is -1.00 e. The first-order valence-corrected chi connectivity index (χ1v) is 24.8. The van der Waals surface area contributed by atoms with Crippen LogP contribution in [0.5, 0.6) is 0 Å². The van der Waals surface area contributed by atoms with Crippen LogP contribution in [-0.2, 0) is 20.9 Å². The zero-order chi connectivity index (χ0) is 26.5. The van der Waals surface area contributed by atoms with Crippen LogP contribution < -0.4 is 24.8 Å². The van der Waals surface area contributed by atoms with Crippen LogP contribution in [0.3, 0.4) is 0 Å². The molecule has 2 unspecified atom stereocenters. The molecule has 6 rings (SSSR count). The first kappa shape index (κ1) is 32.8. The maximum absolute atomic E-state index is 2.59. The third-order valence-corrected chi connectivity index (χ3v) is 27.1. The van der Waals surface area contributed by atoms with Crippen LogP contribution in [0.25, 0.3) is 34.1 Å². The second kappa shape index (κ2) is 15.5. The Morgan fingerprint density at radius 3 is 2.12 bits per heavy atom. The largest absolute Gasteiger partial charge is 1.00 e. The number of benzene rings is 4. The summed E-state index contributed by atoms with van der Waals surface area (Å²) in [4.78, 5) is 0. The molecule has 2 aliphatic carbocycles. The summed E-state index contributed by atoms with van der Waals surface area (Å²) in [7, 11) is 0. The minimum Gasteiger partial charge on any atom is -1.00 e. The van der Waals surface area contributed by atoms with Gasteiger partial charge in [-0.25, -0.2) is 0 Å². The smallest absolute Gasteiger partial charge is 1.00 e. The summed E-state index contributed by atoms with van der Waals surface area (Å²) in [5.41, 5.74) is 10.6. The van der Waals surface area contributed by atoms with Crippen molar-refractivity contribution in [2.75, 3.05) is 0 Å². The number of hydrogen-bond acceptors (Lipinski definition) is 0. The first-order valence-electron chi connectivity index (χ1n) is 14.6. The molecule has 0 radical (unpaired) electrons. The zero-order valence-corrected chi connectivity index (χ0v) is 29.6. The first-order chi connectivity index (χ1) is 18.7. The Balaban J connectivity index is 0.000000501. The third-order valence-electron chi connectivity index (χ3n) is 8.29. The van der Waals surface area contributed by atoms with E-state index in [4.69, 9.17) is 0 Å². The van der Waals surface area contributed by atoms with E-state index in [1.165, 1.54) is 58.7 Å². The average molecular weight is 664 g/mol. The van der Waals surface area contributed by atoms with Crippen molar-refractivity contribution in [3.8, 4) is 11.1 Å². The van der Waals surface area contributed by atoms with Crippen LogP contribution in [0, 0.1) is 0 Å². The fourth-order valence-corrected chi connectivity index (χ4v) is 25.4. The Morgan fingerprint density at radius 2 is 1.43 bits per heavy atom. The number of rotatable bonds is 7. The third kappa shape index (κ3) is 6.68. The second-order valence-corrected chi connectivity index (χ2v) is 27.3. The number of unbranched alkanes of at least 4 members (excludes halogenated alkanes) is 3. The second-order valence-electron chi connectivity index (χ2n) is 10.8. The summed E-state index contributed by atoms with van der Waals surface area (Å²) >= 11 is -1.79. The van der Waals surface area contributed by atoms with E-state index < -0.39 is 20.9 Å². The molecular formula is C36H41Cl2SiZr. The van der Waals surface area contributed by atoms with E-state index in [9.17, 15) is 0 Å². The molecule has 0 nitrogen and oxygen atoms in total. The SMILES string of the molecule is CCCCCC.C[SiH2][Zr+2]([CH]1C=Cc2c1ccc1ccccc21)[CH]1C(C)=Cc2c(-c3ccccc3)cccc21.[Cl-].[Cl-]. The van der Waals surface area contributed by atoms with E-state index in [0.29, 0.717) is 3.63 Å². The molecule has 4 aromatic carbocycles. The summed E-state index contributed by atoms with van der Waals surface area (Å²) in [6.45, 7) is 9.40. The van der Waals surface area contributed by atoms with Crippen molar-refractivity contribution in [3.05, 3.63) is 119 Å². The normalized spacial score (nSPS) is 16.4. The molecule has 0 saturated heterocycles.